The number of carbonyl (C=O) groups is 3. The average Bonchev–Trinajstić information content (AvgIpc) is 2.94. The molecule has 120 valence electrons. The molecular formula is C13H22N2O6. The first kappa shape index (κ1) is 17.2. The second-order valence-corrected chi connectivity index (χ2v) is 4.71. The topological polar surface area (TPSA) is 96.4 Å². The van der Waals surface area contributed by atoms with Crippen molar-refractivity contribution in [3.05, 3.63) is 0 Å². The van der Waals surface area contributed by atoms with E-state index in [9.17, 15) is 19.5 Å². The molecule has 1 fully saturated rings. The van der Waals surface area contributed by atoms with Crippen molar-refractivity contribution in [3.63, 3.8) is 0 Å². The highest BCUT2D eigenvalue weighted by Crippen LogP contribution is 2.21. The van der Waals surface area contributed by atoms with Gasteiger partial charge in [-0.15, -0.1) is 0 Å². The summed E-state index contributed by atoms with van der Waals surface area (Å²) >= 11 is 0. The van der Waals surface area contributed by atoms with Crippen molar-refractivity contribution in [2.45, 2.75) is 19.9 Å². The van der Waals surface area contributed by atoms with Crippen molar-refractivity contribution in [1.82, 2.24) is 9.80 Å². The molecule has 2 amide bonds. The maximum atomic E-state index is 12.5. The Kier molecular flexibility index (Phi) is 6.41. The Bertz CT molecular complexity index is 400. The van der Waals surface area contributed by atoms with Gasteiger partial charge in [0.1, 0.15) is 12.5 Å². The number of urea groups is 1. The number of rotatable bonds is 6. The lowest BCUT2D eigenvalue weighted by Gasteiger charge is -2.33. The van der Waals surface area contributed by atoms with Gasteiger partial charge in [0, 0.05) is 13.1 Å². The largest absolute Gasteiger partial charge is 0.481 e. The van der Waals surface area contributed by atoms with Crippen LogP contribution in [0.4, 0.5) is 4.79 Å². The van der Waals surface area contributed by atoms with Crippen LogP contribution in [0.5, 0.6) is 0 Å². The standard InChI is InChI=1S/C13H22N2O6/c1-4-14(6-11(16)20-3)13(19)15(5-2)10-8-21-7-9(10)12(17)18/h9-10H,4-8H2,1-3H3,(H,17,18). The fourth-order valence-corrected chi connectivity index (χ4v) is 2.31. The first-order valence-corrected chi connectivity index (χ1v) is 6.89. The lowest BCUT2D eigenvalue weighted by molar-refractivity contribution is -0.143. The monoisotopic (exact) mass is 302 g/mol. The maximum absolute atomic E-state index is 12.5. The Morgan fingerprint density at radius 2 is 1.90 bits per heavy atom. The summed E-state index contributed by atoms with van der Waals surface area (Å²) in [7, 11) is 1.25. The van der Waals surface area contributed by atoms with E-state index in [0.717, 1.165) is 0 Å². The van der Waals surface area contributed by atoms with E-state index >= 15 is 0 Å². The lowest BCUT2D eigenvalue weighted by atomic mass is 10.0. The number of carboxylic acid groups (broad SMARTS) is 1. The SMILES string of the molecule is CCN(CC(=O)OC)C(=O)N(CC)C1COCC1C(=O)O. The number of likely N-dealkylation sites (N-methyl/N-ethyl adjacent to an activating group) is 2. The molecule has 1 rings (SSSR count). The molecule has 1 saturated heterocycles. The van der Waals surface area contributed by atoms with E-state index in [4.69, 9.17) is 4.74 Å². The van der Waals surface area contributed by atoms with Crippen LogP contribution in [0.25, 0.3) is 0 Å². The molecule has 0 spiro atoms. The number of ether oxygens (including phenoxy) is 2. The summed E-state index contributed by atoms with van der Waals surface area (Å²) in [5.41, 5.74) is 0. The predicted molar refractivity (Wildman–Crippen MR) is 72.8 cm³/mol. The third kappa shape index (κ3) is 4.07. The molecule has 8 heteroatoms. The van der Waals surface area contributed by atoms with Crippen LogP contribution in [-0.2, 0) is 19.1 Å². The van der Waals surface area contributed by atoms with Crippen LogP contribution in [0.15, 0.2) is 0 Å². The smallest absolute Gasteiger partial charge is 0.325 e. The zero-order chi connectivity index (χ0) is 16.0. The van der Waals surface area contributed by atoms with Crippen molar-refractivity contribution >= 4 is 18.0 Å². The zero-order valence-electron chi connectivity index (χ0n) is 12.6. The van der Waals surface area contributed by atoms with Crippen LogP contribution in [0.2, 0.25) is 0 Å². The van der Waals surface area contributed by atoms with E-state index < -0.39 is 23.9 Å². The second-order valence-electron chi connectivity index (χ2n) is 4.71. The van der Waals surface area contributed by atoms with Crippen molar-refractivity contribution in [3.8, 4) is 0 Å². The molecule has 2 atom stereocenters. The Balaban J connectivity index is 2.84. The van der Waals surface area contributed by atoms with E-state index in [1.54, 1.807) is 13.8 Å². The molecular weight excluding hydrogens is 280 g/mol. The van der Waals surface area contributed by atoms with E-state index in [1.807, 2.05) is 0 Å². The molecule has 0 radical (unpaired) electrons. The molecule has 21 heavy (non-hydrogen) atoms. The highest BCUT2D eigenvalue weighted by atomic mass is 16.5. The summed E-state index contributed by atoms with van der Waals surface area (Å²) in [6.45, 7) is 4.30. The Morgan fingerprint density at radius 1 is 1.24 bits per heavy atom. The Hall–Kier alpha value is -1.83. The van der Waals surface area contributed by atoms with Crippen LogP contribution in [-0.4, -0.2) is 78.9 Å². The van der Waals surface area contributed by atoms with Crippen LogP contribution in [0, 0.1) is 5.92 Å². The molecule has 0 saturated carbocycles. The third-order valence-corrected chi connectivity index (χ3v) is 3.55. The molecule has 2 unspecified atom stereocenters. The first-order valence-electron chi connectivity index (χ1n) is 6.89. The minimum Gasteiger partial charge on any atom is -0.481 e. The number of esters is 1. The summed E-state index contributed by atoms with van der Waals surface area (Å²) < 4.78 is 9.76. The molecule has 1 aliphatic rings. The molecule has 1 N–H and O–H groups in total. The van der Waals surface area contributed by atoms with E-state index in [1.165, 1.54) is 16.9 Å². The summed E-state index contributed by atoms with van der Waals surface area (Å²) in [6, 6.07) is -0.904. The summed E-state index contributed by atoms with van der Waals surface area (Å²) in [5, 5.41) is 9.18. The molecule has 0 aromatic carbocycles. The number of hydrogen-bond acceptors (Lipinski definition) is 5. The van der Waals surface area contributed by atoms with Gasteiger partial charge in [-0.3, -0.25) is 9.59 Å². The van der Waals surface area contributed by atoms with Gasteiger partial charge in [0.05, 0.1) is 26.4 Å². The fourth-order valence-electron chi connectivity index (χ4n) is 2.31. The quantitative estimate of drug-likeness (QED) is 0.695. The molecule has 0 aromatic rings. The number of methoxy groups -OCH3 is 1. The highest BCUT2D eigenvalue weighted by Gasteiger charge is 2.40. The van der Waals surface area contributed by atoms with Crippen LogP contribution in [0.1, 0.15) is 13.8 Å². The van der Waals surface area contributed by atoms with Crippen molar-refractivity contribution in [1.29, 1.82) is 0 Å². The van der Waals surface area contributed by atoms with Crippen molar-refractivity contribution < 1.29 is 29.0 Å². The van der Waals surface area contributed by atoms with Gasteiger partial charge in [0.2, 0.25) is 0 Å². The van der Waals surface area contributed by atoms with Gasteiger partial charge in [0.15, 0.2) is 0 Å². The van der Waals surface area contributed by atoms with Gasteiger partial charge in [-0.1, -0.05) is 0 Å². The van der Waals surface area contributed by atoms with Gasteiger partial charge >= 0.3 is 18.0 Å². The van der Waals surface area contributed by atoms with Crippen LogP contribution >= 0.6 is 0 Å². The van der Waals surface area contributed by atoms with Gasteiger partial charge in [-0.25, -0.2) is 4.79 Å². The summed E-state index contributed by atoms with van der Waals surface area (Å²) in [6.07, 6.45) is 0. The minimum atomic E-state index is -0.986. The van der Waals surface area contributed by atoms with Gasteiger partial charge in [-0.2, -0.15) is 0 Å². The zero-order valence-corrected chi connectivity index (χ0v) is 12.6. The lowest BCUT2D eigenvalue weighted by Crippen LogP contribution is -2.52. The third-order valence-electron chi connectivity index (χ3n) is 3.55. The molecule has 1 heterocycles. The number of hydrogen-bond donors (Lipinski definition) is 1. The number of amides is 2. The fraction of sp³-hybridized carbons (Fsp3) is 0.769. The normalized spacial score (nSPS) is 20.9. The van der Waals surface area contributed by atoms with E-state index in [2.05, 4.69) is 4.74 Å². The Morgan fingerprint density at radius 3 is 2.38 bits per heavy atom. The summed E-state index contributed by atoms with van der Waals surface area (Å²) in [4.78, 5) is 37.8. The van der Waals surface area contributed by atoms with Crippen LogP contribution in [0.3, 0.4) is 0 Å². The molecule has 8 nitrogen and oxygen atoms in total. The number of aliphatic carboxylic acids is 1. The highest BCUT2D eigenvalue weighted by molar-refractivity contribution is 5.82. The van der Waals surface area contributed by atoms with Gasteiger partial charge in [-0.05, 0) is 13.8 Å². The first-order chi connectivity index (χ1) is 9.96. The minimum absolute atomic E-state index is 0.0902. The Labute approximate surface area is 123 Å². The van der Waals surface area contributed by atoms with Gasteiger partial charge in [0.25, 0.3) is 0 Å². The number of nitrogens with zero attached hydrogens (tertiary/aromatic N) is 2. The average molecular weight is 302 g/mol. The number of carboxylic acids is 1. The van der Waals surface area contributed by atoms with Crippen LogP contribution < -0.4 is 0 Å². The summed E-state index contributed by atoms with van der Waals surface area (Å²) in [5.74, 6) is -2.25. The predicted octanol–water partition coefficient (Wildman–Crippen LogP) is 0.0228. The van der Waals surface area contributed by atoms with Gasteiger partial charge < -0.3 is 24.4 Å². The van der Waals surface area contributed by atoms with E-state index in [0.29, 0.717) is 13.1 Å². The molecule has 0 aromatic heterocycles. The van der Waals surface area contributed by atoms with E-state index in [-0.39, 0.29) is 25.8 Å². The maximum Gasteiger partial charge on any atom is 0.325 e. The number of carbonyl (C=O) groups excluding carboxylic acids is 2. The molecule has 1 aliphatic heterocycles. The second kappa shape index (κ2) is 7.82. The molecule has 0 bridgehead atoms. The molecule has 0 aliphatic carbocycles. The van der Waals surface area contributed by atoms with Crippen molar-refractivity contribution in [2.75, 3.05) is 40.0 Å². The van der Waals surface area contributed by atoms with Crippen molar-refractivity contribution in [2.24, 2.45) is 5.92 Å².